The number of hydrogen-bond acceptors (Lipinski definition) is 3. The van der Waals surface area contributed by atoms with Gasteiger partial charge in [0.05, 0.1) is 6.04 Å². The fourth-order valence-corrected chi connectivity index (χ4v) is 2.57. The molecule has 0 amide bonds. The van der Waals surface area contributed by atoms with E-state index >= 15 is 0 Å². The summed E-state index contributed by atoms with van der Waals surface area (Å²) in [5, 5.41) is 6.39. The number of hydrogen-bond donors (Lipinski definition) is 2. The van der Waals surface area contributed by atoms with Gasteiger partial charge in [0.1, 0.15) is 11.5 Å². The van der Waals surface area contributed by atoms with Gasteiger partial charge in [-0.1, -0.05) is 0 Å². The third-order valence-electron chi connectivity index (χ3n) is 3.59. The second-order valence-corrected chi connectivity index (χ2v) is 4.91. The number of furan rings is 1. The van der Waals surface area contributed by atoms with Crippen LogP contribution in [-0.2, 0) is 0 Å². The van der Waals surface area contributed by atoms with Crippen LogP contribution in [0.15, 0.2) is 21.5 Å². The molecule has 0 bridgehead atoms. The zero-order valence-electron chi connectivity index (χ0n) is 12.5. The molecule has 1 aromatic heterocycles. The Hall–Kier alpha value is -0.760. The zero-order valence-corrected chi connectivity index (χ0v) is 14.8. The molecule has 1 unspecified atom stereocenters. The molecule has 20 heavy (non-hydrogen) atoms. The number of aryl methyl sites for hydroxylation is 1. The highest BCUT2D eigenvalue weighted by atomic mass is 127. The molecule has 5 nitrogen and oxygen atoms in total. The lowest BCUT2D eigenvalue weighted by Crippen LogP contribution is -2.41. The first-order valence-corrected chi connectivity index (χ1v) is 6.93. The molecule has 1 fully saturated rings. The molecule has 0 spiro atoms. The van der Waals surface area contributed by atoms with Gasteiger partial charge < -0.3 is 15.1 Å². The van der Waals surface area contributed by atoms with Gasteiger partial charge in [-0.15, -0.1) is 24.0 Å². The summed E-state index contributed by atoms with van der Waals surface area (Å²) < 4.78 is 5.82. The minimum atomic E-state index is 0. The van der Waals surface area contributed by atoms with Crippen LogP contribution in [0.1, 0.15) is 30.4 Å². The second-order valence-electron chi connectivity index (χ2n) is 4.91. The van der Waals surface area contributed by atoms with Gasteiger partial charge in [-0.3, -0.25) is 9.89 Å². The largest absolute Gasteiger partial charge is 0.465 e. The maximum atomic E-state index is 5.82. The molecule has 114 valence electrons. The average molecular weight is 392 g/mol. The fraction of sp³-hybridized carbons (Fsp3) is 0.643. The highest BCUT2D eigenvalue weighted by Crippen LogP contribution is 2.25. The average Bonchev–Trinajstić information content (AvgIpc) is 3.07. The first kappa shape index (κ1) is 17.3. The van der Waals surface area contributed by atoms with Crippen molar-refractivity contribution in [2.24, 2.45) is 4.99 Å². The molecule has 0 saturated carbocycles. The first-order valence-electron chi connectivity index (χ1n) is 6.93. The maximum Gasteiger partial charge on any atom is 0.190 e. The van der Waals surface area contributed by atoms with Crippen molar-refractivity contribution < 1.29 is 4.42 Å². The zero-order chi connectivity index (χ0) is 13.7. The lowest BCUT2D eigenvalue weighted by Gasteiger charge is -2.26. The number of likely N-dealkylation sites (tertiary alicyclic amines) is 1. The molecular weight excluding hydrogens is 367 g/mol. The minimum absolute atomic E-state index is 0. The van der Waals surface area contributed by atoms with Gasteiger partial charge in [0.25, 0.3) is 0 Å². The lowest BCUT2D eigenvalue weighted by molar-refractivity contribution is 0.213. The minimum Gasteiger partial charge on any atom is -0.465 e. The summed E-state index contributed by atoms with van der Waals surface area (Å²) in [5.41, 5.74) is 0. The van der Waals surface area contributed by atoms with Gasteiger partial charge in [-0.2, -0.15) is 0 Å². The Morgan fingerprint density at radius 1 is 1.40 bits per heavy atom. The summed E-state index contributed by atoms with van der Waals surface area (Å²) in [6.07, 6.45) is 2.55. The molecule has 1 aromatic rings. The van der Waals surface area contributed by atoms with Gasteiger partial charge in [0, 0.05) is 20.6 Å². The van der Waals surface area contributed by atoms with E-state index in [1.165, 1.54) is 12.8 Å². The standard InChI is InChI=1S/C14H24N4O.HI/c1-11-6-7-13(19-11)12(18-8-4-5-9-18)10-17-14(15-2)16-3;/h6-7,12H,4-5,8-10H2,1-3H3,(H2,15,16,17);1H. The van der Waals surface area contributed by atoms with Gasteiger partial charge >= 0.3 is 0 Å². The van der Waals surface area contributed by atoms with E-state index in [0.717, 1.165) is 37.1 Å². The number of nitrogens with zero attached hydrogens (tertiary/aromatic N) is 2. The summed E-state index contributed by atoms with van der Waals surface area (Å²) >= 11 is 0. The number of aliphatic imine (C=N–C) groups is 1. The van der Waals surface area contributed by atoms with E-state index in [1.807, 2.05) is 20.0 Å². The van der Waals surface area contributed by atoms with Crippen LogP contribution in [0.3, 0.4) is 0 Å². The summed E-state index contributed by atoms with van der Waals surface area (Å²) in [4.78, 5) is 6.63. The third kappa shape index (κ3) is 4.37. The van der Waals surface area contributed by atoms with E-state index < -0.39 is 0 Å². The quantitative estimate of drug-likeness (QED) is 0.469. The Balaban J connectivity index is 0.00000200. The SMILES string of the molecule is CN=C(NC)NCC(c1ccc(C)o1)N1CCCC1.I. The fourth-order valence-electron chi connectivity index (χ4n) is 2.57. The number of rotatable bonds is 4. The Morgan fingerprint density at radius 3 is 2.60 bits per heavy atom. The van der Waals surface area contributed by atoms with Crippen molar-refractivity contribution in [1.29, 1.82) is 0 Å². The summed E-state index contributed by atoms with van der Waals surface area (Å²) in [6, 6.07) is 4.40. The van der Waals surface area contributed by atoms with Gasteiger partial charge in [-0.25, -0.2) is 0 Å². The number of nitrogens with one attached hydrogen (secondary N) is 2. The van der Waals surface area contributed by atoms with Crippen molar-refractivity contribution >= 4 is 29.9 Å². The molecule has 2 N–H and O–H groups in total. The first-order chi connectivity index (χ1) is 9.24. The maximum absolute atomic E-state index is 5.82. The van der Waals surface area contributed by atoms with Crippen molar-refractivity contribution in [2.75, 3.05) is 33.7 Å². The summed E-state index contributed by atoms with van der Waals surface area (Å²) in [5.74, 6) is 2.82. The molecular formula is C14H25IN4O. The summed E-state index contributed by atoms with van der Waals surface area (Å²) in [7, 11) is 3.65. The molecule has 1 saturated heterocycles. The lowest BCUT2D eigenvalue weighted by atomic mass is 10.2. The second kappa shape index (κ2) is 8.51. The van der Waals surface area contributed by atoms with E-state index in [1.54, 1.807) is 7.05 Å². The van der Waals surface area contributed by atoms with Crippen LogP contribution < -0.4 is 10.6 Å². The highest BCUT2D eigenvalue weighted by molar-refractivity contribution is 14.0. The Kier molecular flexibility index (Phi) is 7.36. The van der Waals surface area contributed by atoms with Crippen LogP contribution in [0.2, 0.25) is 0 Å². The van der Waals surface area contributed by atoms with E-state index in [2.05, 4.69) is 26.6 Å². The highest BCUT2D eigenvalue weighted by Gasteiger charge is 2.25. The predicted molar refractivity (Wildman–Crippen MR) is 92.8 cm³/mol. The van der Waals surface area contributed by atoms with E-state index in [-0.39, 0.29) is 30.0 Å². The van der Waals surface area contributed by atoms with Crippen molar-refractivity contribution in [1.82, 2.24) is 15.5 Å². The van der Waals surface area contributed by atoms with E-state index in [9.17, 15) is 0 Å². The summed E-state index contributed by atoms with van der Waals surface area (Å²) in [6.45, 7) is 5.08. The molecule has 0 radical (unpaired) electrons. The Morgan fingerprint density at radius 2 is 2.10 bits per heavy atom. The molecule has 0 aromatic carbocycles. The third-order valence-corrected chi connectivity index (χ3v) is 3.59. The molecule has 1 atom stereocenters. The molecule has 2 heterocycles. The van der Waals surface area contributed by atoms with Crippen molar-refractivity contribution in [2.45, 2.75) is 25.8 Å². The van der Waals surface area contributed by atoms with Crippen LogP contribution in [0, 0.1) is 6.92 Å². The van der Waals surface area contributed by atoms with E-state index in [0.29, 0.717) is 0 Å². The predicted octanol–water partition coefficient (Wildman–Crippen LogP) is 2.14. The molecule has 1 aliphatic heterocycles. The number of halogens is 1. The van der Waals surface area contributed by atoms with Crippen molar-refractivity contribution in [3.05, 3.63) is 23.7 Å². The van der Waals surface area contributed by atoms with Crippen LogP contribution in [-0.4, -0.2) is 44.6 Å². The van der Waals surface area contributed by atoms with Crippen molar-refractivity contribution in [3.63, 3.8) is 0 Å². The van der Waals surface area contributed by atoms with Gasteiger partial charge in [-0.05, 0) is 45.0 Å². The van der Waals surface area contributed by atoms with E-state index in [4.69, 9.17) is 4.42 Å². The smallest absolute Gasteiger partial charge is 0.190 e. The monoisotopic (exact) mass is 392 g/mol. The van der Waals surface area contributed by atoms with Crippen LogP contribution >= 0.6 is 24.0 Å². The van der Waals surface area contributed by atoms with Crippen LogP contribution in [0.4, 0.5) is 0 Å². The van der Waals surface area contributed by atoms with Crippen LogP contribution in [0.25, 0.3) is 0 Å². The molecule has 0 aliphatic carbocycles. The van der Waals surface area contributed by atoms with Gasteiger partial charge in [0.2, 0.25) is 0 Å². The topological polar surface area (TPSA) is 52.8 Å². The van der Waals surface area contributed by atoms with Crippen LogP contribution in [0.5, 0.6) is 0 Å². The van der Waals surface area contributed by atoms with Crippen molar-refractivity contribution in [3.8, 4) is 0 Å². The normalized spacial score (nSPS) is 17.6. The van der Waals surface area contributed by atoms with Gasteiger partial charge in [0.15, 0.2) is 5.96 Å². The number of guanidine groups is 1. The molecule has 6 heteroatoms. The molecule has 2 rings (SSSR count). The Bertz CT molecular complexity index is 427. The Labute approximate surface area is 138 Å². The molecule has 1 aliphatic rings.